The second kappa shape index (κ2) is 6.21. The highest BCUT2D eigenvalue weighted by Gasteiger charge is 2.31. The van der Waals surface area contributed by atoms with E-state index >= 15 is 0 Å². The van der Waals surface area contributed by atoms with Crippen LogP contribution >= 0.6 is 0 Å². The number of likely N-dealkylation sites (N-methyl/N-ethyl adjacent to an activating group) is 1. The van der Waals surface area contributed by atoms with Crippen LogP contribution in [0.4, 0.5) is 0 Å². The van der Waals surface area contributed by atoms with Gasteiger partial charge < -0.3 is 10.6 Å². The van der Waals surface area contributed by atoms with Crippen LogP contribution in [0.3, 0.4) is 0 Å². The molecule has 1 amide bonds. The molecule has 0 radical (unpaired) electrons. The zero-order chi connectivity index (χ0) is 12.1. The van der Waals surface area contributed by atoms with Crippen LogP contribution in [0.1, 0.15) is 26.7 Å². The standard InChI is InChI=1S/C12H25N3O/c1-4-5-6-15-9-10(2)8-14(3)11(7-13)12(15)16/h10-11H,4-9,13H2,1-3H3. The van der Waals surface area contributed by atoms with Crippen molar-refractivity contribution in [1.82, 2.24) is 9.80 Å². The average Bonchev–Trinajstić information content (AvgIpc) is 2.33. The number of carbonyl (C=O) groups is 1. The van der Waals surface area contributed by atoms with E-state index in [0.29, 0.717) is 12.5 Å². The maximum atomic E-state index is 12.2. The first-order valence-corrected chi connectivity index (χ1v) is 6.29. The smallest absolute Gasteiger partial charge is 0.241 e. The van der Waals surface area contributed by atoms with Crippen LogP contribution in [0.2, 0.25) is 0 Å². The van der Waals surface area contributed by atoms with Crippen molar-refractivity contribution in [3.05, 3.63) is 0 Å². The van der Waals surface area contributed by atoms with E-state index in [-0.39, 0.29) is 11.9 Å². The molecule has 1 fully saturated rings. The molecule has 0 aromatic heterocycles. The van der Waals surface area contributed by atoms with E-state index in [9.17, 15) is 4.79 Å². The fourth-order valence-corrected chi connectivity index (χ4v) is 2.37. The molecule has 2 atom stereocenters. The van der Waals surface area contributed by atoms with E-state index in [0.717, 1.165) is 32.5 Å². The zero-order valence-electron chi connectivity index (χ0n) is 10.8. The summed E-state index contributed by atoms with van der Waals surface area (Å²) in [5, 5.41) is 0. The summed E-state index contributed by atoms with van der Waals surface area (Å²) in [5.41, 5.74) is 5.70. The van der Waals surface area contributed by atoms with Gasteiger partial charge in [-0.15, -0.1) is 0 Å². The van der Waals surface area contributed by atoms with Crippen molar-refractivity contribution < 1.29 is 4.79 Å². The molecule has 0 saturated carbocycles. The van der Waals surface area contributed by atoms with E-state index < -0.39 is 0 Å². The average molecular weight is 227 g/mol. The Morgan fingerprint density at radius 1 is 1.44 bits per heavy atom. The van der Waals surface area contributed by atoms with Gasteiger partial charge in [-0.1, -0.05) is 20.3 Å². The second-order valence-electron chi connectivity index (χ2n) is 4.93. The summed E-state index contributed by atoms with van der Waals surface area (Å²) in [4.78, 5) is 16.3. The Morgan fingerprint density at radius 3 is 2.69 bits per heavy atom. The molecule has 2 unspecified atom stereocenters. The Labute approximate surface area is 98.8 Å². The quantitative estimate of drug-likeness (QED) is 0.762. The number of unbranched alkanes of at least 4 members (excludes halogenated alkanes) is 1. The largest absolute Gasteiger partial charge is 0.341 e. The molecular weight excluding hydrogens is 202 g/mol. The first-order valence-electron chi connectivity index (χ1n) is 6.29. The van der Waals surface area contributed by atoms with Gasteiger partial charge in [-0.3, -0.25) is 9.69 Å². The van der Waals surface area contributed by atoms with Crippen molar-refractivity contribution >= 4 is 5.91 Å². The first kappa shape index (κ1) is 13.5. The Morgan fingerprint density at radius 2 is 2.12 bits per heavy atom. The molecule has 1 saturated heterocycles. The molecule has 2 N–H and O–H groups in total. The lowest BCUT2D eigenvalue weighted by atomic mass is 10.1. The maximum absolute atomic E-state index is 12.2. The molecule has 4 heteroatoms. The van der Waals surface area contributed by atoms with Gasteiger partial charge >= 0.3 is 0 Å². The molecular formula is C12H25N3O. The van der Waals surface area contributed by atoms with Gasteiger partial charge in [-0.2, -0.15) is 0 Å². The van der Waals surface area contributed by atoms with Crippen molar-refractivity contribution in [3.8, 4) is 0 Å². The minimum absolute atomic E-state index is 0.123. The predicted molar refractivity (Wildman–Crippen MR) is 66.1 cm³/mol. The number of carbonyl (C=O) groups excluding carboxylic acids is 1. The highest BCUT2D eigenvalue weighted by molar-refractivity contribution is 5.82. The summed E-state index contributed by atoms with van der Waals surface area (Å²) in [6.45, 7) is 7.48. The SMILES string of the molecule is CCCCN1CC(C)CN(C)C(CN)C1=O. The summed E-state index contributed by atoms with van der Waals surface area (Å²) in [5.74, 6) is 0.741. The minimum atomic E-state index is -0.123. The van der Waals surface area contributed by atoms with Crippen molar-refractivity contribution in [3.63, 3.8) is 0 Å². The van der Waals surface area contributed by atoms with E-state index in [4.69, 9.17) is 5.73 Å². The van der Waals surface area contributed by atoms with E-state index in [1.54, 1.807) is 0 Å². The fourth-order valence-electron chi connectivity index (χ4n) is 2.37. The molecule has 0 aromatic carbocycles. The van der Waals surface area contributed by atoms with Gasteiger partial charge in [0.1, 0.15) is 6.04 Å². The topological polar surface area (TPSA) is 49.6 Å². The summed E-state index contributed by atoms with van der Waals surface area (Å²) >= 11 is 0. The second-order valence-corrected chi connectivity index (χ2v) is 4.93. The summed E-state index contributed by atoms with van der Waals surface area (Å²) in [6, 6.07) is -0.123. The van der Waals surface area contributed by atoms with Crippen LogP contribution in [-0.2, 0) is 4.79 Å². The molecule has 0 spiro atoms. The fraction of sp³-hybridized carbons (Fsp3) is 0.917. The number of nitrogens with two attached hydrogens (primary N) is 1. The normalized spacial score (nSPS) is 28.2. The number of hydrogen-bond donors (Lipinski definition) is 1. The highest BCUT2D eigenvalue weighted by atomic mass is 16.2. The summed E-state index contributed by atoms with van der Waals surface area (Å²) in [6.07, 6.45) is 2.21. The van der Waals surface area contributed by atoms with Gasteiger partial charge in [0.2, 0.25) is 5.91 Å². The molecule has 0 bridgehead atoms. The van der Waals surface area contributed by atoms with Crippen LogP contribution in [-0.4, -0.2) is 55.0 Å². The van der Waals surface area contributed by atoms with E-state index in [1.807, 2.05) is 11.9 Å². The van der Waals surface area contributed by atoms with E-state index in [2.05, 4.69) is 18.7 Å². The lowest BCUT2D eigenvalue weighted by Crippen LogP contribution is -2.48. The van der Waals surface area contributed by atoms with Gasteiger partial charge in [0.05, 0.1) is 0 Å². The molecule has 1 rings (SSSR count). The number of hydrogen-bond acceptors (Lipinski definition) is 3. The monoisotopic (exact) mass is 227 g/mol. The highest BCUT2D eigenvalue weighted by Crippen LogP contribution is 2.14. The first-order chi connectivity index (χ1) is 7.60. The van der Waals surface area contributed by atoms with Gasteiger partial charge in [0, 0.05) is 26.2 Å². The molecule has 0 aliphatic carbocycles. The molecule has 1 aliphatic rings. The molecule has 16 heavy (non-hydrogen) atoms. The molecule has 94 valence electrons. The van der Waals surface area contributed by atoms with Crippen LogP contribution in [0.15, 0.2) is 0 Å². The summed E-state index contributed by atoms with van der Waals surface area (Å²) < 4.78 is 0. The van der Waals surface area contributed by atoms with Gasteiger partial charge in [-0.25, -0.2) is 0 Å². The maximum Gasteiger partial charge on any atom is 0.241 e. The van der Waals surface area contributed by atoms with Gasteiger partial charge in [0.25, 0.3) is 0 Å². The molecule has 1 aliphatic heterocycles. The van der Waals surface area contributed by atoms with Crippen LogP contribution in [0.25, 0.3) is 0 Å². The molecule has 0 aromatic rings. The third-order valence-corrected chi connectivity index (χ3v) is 3.27. The lowest BCUT2D eigenvalue weighted by Gasteiger charge is -2.26. The summed E-state index contributed by atoms with van der Waals surface area (Å²) in [7, 11) is 2.00. The van der Waals surface area contributed by atoms with Crippen molar-refractivity contribution in [2.24, 2.45) is 11.7 Å². The van der Waals surface area contributed by atoms with Gasteiger partial charge in [-0.05, 0) is 19.4 Å². The van der Waals surface area contributed by atoms with Crippen LogP contribution in [0, 0.1) is 5.92 Å². The Kier molecular flexibility index (Phi) is 5.22. The third kappa shape index (κ3) is 3.19. The third-order valence-electron chi connectivity index (χ3n) is 3.27. The van der Waals surface area contributed by atoms with Crippen LogP contribution in [0.5, 0.6) is 0 Å². The minimum Gasteiger partial charge on any atom is -0.341 e. The Balaban J connectivity index is 2.71. The number of amides is 1. The van der Waals surface area contributed by atoms with Crippen molar-refractivity contribution in [2.75, 3.05) is 33.2 Å². The predicted octanol–water partition coefficient (Wildman–Crippen LogP) is 0.524. The number of nitrogens with zero attached hydrogens (tertiary/aromatic N) is 2. The Hall–Kier alpha value is -0.610. The lowest BCUT2D eigenvalue weighted by molar-refractivity contribution is -0.134. The van der Waals surface area contributed by atoms with Crippen molar-refractivity contribution in [1.29, 1.82) is 0 Å². The zero-order valence-corrected chi connectivity index (χ0v) is 10.8. The molecule has 4 nitrogen and oxygen atoms in total. The molecule has 1 heterocycles. The number of rotatable bonds is 4. The Bertz CT molecular complexity index is 232. The van der Waals surface area contributed by atoms with Crippen molar-refractivity contribution in [2.45, 2.75) is 32.7 Å². The van der Waals surface area contributed by atoms with Crippen LogP contribution < -0.4 is 5.73 Å². The van der Waals surface area contributed by atoms with Gasteiger partial charge in [0.15, 0.2) is 0 Å². The van der Waals surface area contributed by atoms with E-state index in [1.165, 1.54) is 0 Å².